The first-order chi connectivity index (χ1) is 14.9. The van der Waals surface area contributed by atoms with Crippen molar-refractivity contribution in [1.29, 1.82) is 0 Å². The lowest BCUT2D eigenvalue weighted by atomic mass is 10.1. The zero-order valence-electron chi connectivity index (χ0n) is 16.2. The SMILES string of the molecule is CC(=O)Nc1ccc(NC(=O)c2cnn(-c3cccc(C(F)(F)F)c3)c2C(F)(F)F)cc1. The van der Waals surface area contributed by atoms with Crippen LogP contribution in [-0.2, 0) is 17.1 Å². The van der Waals surface area contributed by atoms with Gasteiger partial charge >= 0.3 is 12.4 Å². The molecule has 2 N–H and O–H groups in total. The third-order valence-corrected chi connectivity index (χ3v) is 4.16. The van der Waals surface area contributed by atoms with Gasteiger partial charge in [-0.15, -0.1) is 0 Å². The molecule has 0 aliphatic carbocycles. The average molecular weight is 456 g/mol. The van der Waals surface area contributed by atoms with E-state index in [0.29, 0.717) is 24.0 Å². The molecule has 2 aromatic carbocycles. The molecule has 0 radical (unpaired) electrons. The van der Waals surface area contributed by atoms with Crippen molar-refractivity contribution in [3.8, 4) is 5.69 Å². The third-order valence-electron chi connectivity index (χ3n) is 4.16. The van der Waals surface area contributed by atoms with Gasteiger partial charge in [0.25, 0.3) is 5.91 Å². The van der Waals surface area contributed by atoms with Gasteiger partial charge in [-0.3, -0.25) is 9.59 Å². The van der Waals surface area contributed by atoms with Gasteiger partial charge < -0.3 is 10.6 Å². The van der Waals surface area contributed by atoms with Crippen molar-refractivity contribution in [1.82, 2.24) is 9.78 Å². The number of hydrogen-bond acceptors (Lipinski definition) is 3. The lowest BCUT2D eigenvalue weighted by Gasteiger charge is -2.14. The average Bonchev–Trinajstić information content (AvgIpc) is 3.14. The molecule has 0 atom stereocenters. The molecule has 1 heterocycles. The molecule has 0 saturated heterocycles. The maximum Gasteiger partial charge on any atom is 0.434 e. The highest BCUT2D eigenvalue weighted by Crippen LogP contribution is 2.35. The molecule has 1 aromatic heterocycles. The predicted molar refractivity (Wildman–Crippen MR) is 102 cm³/mol. The molecule has 3 rings (SSSR count). The summed E-state index contributed by atoms with van der Waals surface area (Å²) in [6.45, 7) is 1.29. The number of hydrogen-bond donors (Lipinski definition) is 2. The highest BCUT2D eigenvalue weighted by Gasteiger charge is 2.41. The number of halogens is 6. The van der Waals surface area contributed by atoms with E-state index in [4.69, 9.17) is 0 Å². The zero-order chi connectivity index (χ0) is 23.7. The van der Waals surface area contributed by atoms with Gasteiger partial charge in [-0.05, 0) is 42.5 Å². The van der Waals surface area contributed by atoms with E-state index in [1.165, 1.54) is 31.2 Å². The molecule has 0 aliphatic rings. The number of anilines is 2. The van der Waals surface area contributed by atoms with Crippen molar-refractivity contribution in [3.05, 3.63) is 71.5 Å². The summed E-state index contributed by atoms with van der Waals surface area (Å²) in [5, 5.41) is 8.26. The van der Waals surface area contributed by atoms with Crippen LogP contribution in [0.5, 0.6) is 0 Å². The first-order valence-corrected chi connectivity index (χ1v) is 8.88. The molecular formula is C20H14F6N4O2. The molecule has 3 aromatic rings. The third kappa shape index (κ3) is 5.07. The van der Waals surface area contributed by atoms with Crippen LogP contribution >= 0.6 is 0 Å². The maximum atomic E-state index is 13.7. The highest BCUT2D eigenvalue weighted by atomic mass is 19.4. The minimum absolute atomic E-state index is 0.129. The van der Waals surface area contributed by atoms with Gasteiger partial charge in [0.15, 0.2) is 5.69 Å². The Kier molecular flexibility index (Phi) is 5.97. The molecule has 0 fully saturated rings. The molecule has 2 amide bonds. The lowest BCUT2D eigenvalue weighted by Crippen LogP contribution is -2.21. The van der Waals surface area contributed by atoms with Crippen LogP contribution in [0.15, 0.2) is 54.7 Å². The Morgan fingerprint density at radius 1 is 0.875 bits per heavy atom. The fourth-order valence-corrected chi connectivity index (χ4v) is 2.84. The van der Waals surface area contributed by atoms with Crippen LogP contribution in [0.2, 0.25) is 0 Å². The standard InChI is InChI=1S/C20H14F6N4O2/c1-11(31)28-13-5-7-14(8-6-13)29-18(32)16-10-27-30(17(16)20(24,25)26)15-4-2-3-12(9-15)19(21,22)23/h2-10H,1H3,(H,28,31)(H,29,32). The Morgan fingerprint density at radius 3 is 2.00 bits per heavy atom. The van der Waals surface area contributed by atoms with Crippen LogP contribution in [0.4, 0.5) is 37.7 Å². The number of rotatable bonds is 4. The predicted octanol–water partition coefficient (Wildman–Crippen LogP) is 5.12. The van der Waals surface area contributed by atoms with E-state index in [1.54, 1.807) is 0 Å². The zero-order valence-corrected chi connectivity index (χ0v) is 16.2. The van der Waals surface area contributed by atoms with Crippen LogP contribution in [-0.4, -0.2) is 21.6 Å². The molecule has 0 saturated carbocycles. The summed E-state index contributed by atoms with van der Waals surface area (Å²) in [4.78, 5) is 23.5. The Balaban J connectivity index is 1.95. The molecule has 0 spiro atoms. The van der Waals surface area contributed by atoms with Gasteiger partial charge in [-0.1, -0.05) is 6.07 Å². The van der Waals surface area contributed by atoms with Crippen LogP contribution in [0.1, 0.15) is 28.5 Å². The summed E-state index contributed by atoms with van der Waals surface area (Å²) in [7, 11) is 0. The largest absolute Gasteiger partial charge is 0.434 e. The minimum Gasteiger partial charge on any atom is -0.326 e. The first kappa shape index (κ1) is 22.8. The summed E-state index contributed by atoms with van der Waals surface area (Å²) >= 11 is 0. The van der Waals surface area contributed by atoms with Crippen LogP contribution in [0.25, 0.3) is 5.69 Å². The maximum absolute atomic E-state index is 13.7. The van der Waals surface area contributed by atoms with Crippen molar-refractivity contribution in [3.63, 3.8) is 0 Å². The second kappa shape index (κ2) is 8.36. The molecule has 168 valence electrons. The topological polar surface area (TPSA) is 76.0 Å². The fourth-order valence-electron chi connectivity index (χ4n) is 2.84. The Labute approximate surface area is 176 Å². The van der Waals surface area contributed by atoms with Gasteiger partial charge in [0.05, 0.1) is 23.0 Å². The fraction of sp³-hybridized carbons (Fsp3) is 0.150. The molecule has 0 bridgehead atoms. The highest BCUT2D eigenvalue weighted by molar-refractivity contribution is 6.05. The van der Waals surface area contributed by atoms with E-state index in [-0.39, 0.29) is 16.3 Å². The summed E-state index contributed by atoms with van der Waals surface area (Å²) in [5.41, 5.74) is -3.53. The first-order valence-electron chi connectivity index (χ1n) is 8.88. The number of nitrogens with zero attached hydrogens (tertiary/aromatic N) is 2. The van der Waals surface area contributed by atoms with E-state index in [9.17, 15) is 35.9 Å². The van der Waals surface area contributed by atoms with E-state index >= 15 is 0 Å². The quantitative estimate of drug-likeness (QED) is 0.535. The Bertz CT molecular complexity index is 1150. The van der Waals surface area contributed by atoms with Crippen LogP contribution in [0.3, 0.4) is 0 Å². The van der Waals surface area contributed by atoms with Gasteiger partial charge in [0.1, 0.15) is 0 Å². The normalized spacial score (nSPS) is 11.8. The minimum atomic E-state index is -5.09. The summed E-state index contributed by atoms with van der Waals surface area (Å²) in [6, 6.07) is 8.72. The van der Waals surface area contributed by atoms with Crippen LogP contribution < -0.4 is 10.6 Å². The van der Waals surface area contributed by atoms with Crippen molar-refractivity contribution < 1.29 is 35.9 Å². The number of carbonyl (C=O) groups is 2. The van der Waals surface area contributed by atoms with E-state index in [1.807, 2.05) is 0 Å². The molecule has 32 heavy (non-hydrogen) atoms. The number of alkyl halides is 6. The Morgan fingerprint density at radius 2 is 1.47 bits per heavy atom. The van der Waals surface area contributed by atoms with Crippen LogP contribution in [0, 0.1) is 0 Å². The van der Waals surface area contributed by atoms with Gasteiger partial charge in [0, 0.05) is 18.3 Å². The van der Waals surface area contributed by atoms with Crippen molar-refractivity contribution in [2.45, 2.75) is 19.3 Å². The molecule has 12 heteroatoms. The molecule has 0 aliphatic heterocycles. The number of carbonyl (C=O) groups excluding carboxylic acids is 2. The number of nitrogens with one attached hydrogen (secondary N) is 2. The smallest absolute Gasteiger partial charge is 0.326 e. The van der Waals surface area contributed by atoms with Crippen molar-refractivity contribution in [2.75, 3.05) is 10.6 Å². The molecular weight excluding hydrogens is 442 g/mol. The van der Waals surface area contributed by atoms with E-state index < -0.39 is 40.8 Å². The van der Waals surface area contributed by atoms with Gasteiger partial charge in [-0.25, -0.2) is 4.68 Å². The summed E-state index contributed by atoms with van der Waals surface area (Å²) in [6.07, 6.45) is -9.23. The van der Waals surface area contributed by atoms with Gasteiger partial charge in [0.2, 0.25) is 5.91 Å². The Hall–Kier alpha value is -3.83. The van der Waals surface area contributed by atoms with E-state index in [2.05, 4.69) is 15.7 Å². The summed E-state index contributed by atoms with van der Waals surface area (Å²) < 4.78 is 80.3. The number of benzene rings is 2. The number of amides is 2. The van der Waals surface area contributed by atoms with E-state index in [0.717, 1.165) is 12.1 Å². The summed E-state index contributed by atoms with van der Waals surface area (Å²) in [5.74, 6) is -1.50. The monoisotopic (exact) mass is 456 g/mol. The molecule has 0 unspecified atom stereocenters. The lowest BCUT2D eigenvalue weighted by molar-refractivity contribution is -0.143. The number of aromatic nitrogens is 2. The van der Waals surface area contributed by atoms with Gasteiger partial charge in [-0.2, -0.15) is 31.4 Å². The second-order valence-electron chi connectivity index (χ2n) is 6.58. The second-order valence-corrected chi connectivity index (χ2v) is 6.58. The molecule has 6 nitrogen and oxygen atoms in total. The van der Waals surface area contributed by atoms with Crippen molar-refractivity contribution in [2.24, 2.45) is 0 Å². The van der Waals surface area contributed by atoms with Crippen molar-refractivity contribution >= 4 is 23.2 Å².